The molecular formula is C24H40O4Si4. The first-order valence-electron chi connectivity index (χ1n) is 13.2. The van der Waals surface area contributed by atoms with Gasteiger partial charge in [0.05, 0.1) is 0 Å². The maximum atomic E-state index is 7.08. The molecule has 0 aromatic heterocycles. The summed E-state index contributed by atoms with van der Waals surface area (Å²) in [5.74, 6) is 0. The van der Waals surface area contributed by atoms with E-state index in [2.05, 4.69) is 48.6 Å². The topological polar surface area (TPSA) is 36.9 Å². The minimum absolute atomic E-state index is 0.480. The summed E-state index contributed by atoms with van der Waals surface area (Å²) < 4.78 is 28.3. The van der Waals surface area contributed by atoms with Gasteiger partial charge in [0.25, 0.3) is 0 Å². The van der Waals surface area contributed by atoms with Crippen LogP contribution in [0.4, 0.5) is 0 Å². The van der Waals surface area contributed by atoms with Gasteiger partial charge in [-0.3, -0.25) is 0 Å². The lowest BCUT2D eigenvalue weighted by Crippen LogP contribution is -2.53. The Kier molecular flexibility index (Phi) is 8.69. The van der Waals surface area contributed by atoms with Gasteiger partial charge in [0.2, 0.25) is 0 Å². The summed E-state index contributed by atoms with van der Waals surface area (Å²) in [5, 5.41) is 0. The fraction of sp³-hybridized carbons (Fsp3) is 0.667. The highest BCUT2D eigenvalue weighted by Crippen LogP contribution is 2.38. The van der Waals surface area contributed by atoms with E-state index < -0.39 is 37.1 Å². The van der Waals surface area contributed by atoms with Crippen LogP contribution >= 0.6 is 0 Å². The van der Waals surface area contributed by atoms with Crippen LogP contribution in [0.5, 0.6) is 0 Å². The van der Waals surface area contributed by atoms with Gasteiger partial charge in [-0.05, 0) is 77.0 Å². The van der Waals surface area contributed by atoms with Crippen molar-refractivity contribution < 1.29 is 16.5 Å². The molecule has 4 nitrogen and oxygen atoms in total. The van der Waals surface area contributed by atoms with Gasteiger partial charge in [0.1, 0.15) is 0 Å². The van der Waals surface area contributed by atoms with E-state index in [-0.39, 0.29) is 0 Å². The number of hydrogen-bond acceptors (Lipinski definition) is 4. The van der Waals surface area contributed by atoms with E-state index in [9.17, 15) is 0 Å². The Labute approximate surface area is 201 Å². The van der Waals surface area contributed by atoms with Crippen molar-refractivity contribution in [3.8, 4) is 0 Å². The monoisotopic (exact) mass is 504 g/mol. The number of rotatable bonds is 4. The van der Waals surface area contributed by atoms with E-state index in [1.165, 1.54) is 77.0 Å². The van der Waals surface area contributed by atoms with Crippen LogP contribution in [0.15, 0.2) is 48.6 Å². The number of allylic oxidation sites excluding steroid dienone is 8. The molecule has 32 heavy (non-hydrogen) atoms. The molecule has 1 aliphatic heterocycles. The lowest BCUT2D eigenvalue weighted by Gasteiger charge is -2.42. The summed E-state index contributed by atoms with van der Waals surface area (Å²) in [6.45, 7) is 0. The van der Waals surface area contributed by atoms with Crippen LogP contribution in [0.1, 0.15) is 77.0 Å². The van der Waals surface area contributed by atoms with Crippen LogP contribution < -0.4 is 0 Å². The molecule has 1 heterocycles. The summed E-state index contributed by atoms with van der Waals surface area (Å²) in [7, 11) is -7.54. The summed E-state index contributed by atoms with van der Waals surface area (Å²) >= 11 is 0. The van der Waals surface area contributed by atoms with E-state index in [1.54, 1.807) is 0 Å². The van der Waals surface area contributed by atoms with Crippen LogP contribution in [-0.4, -0.2) is 37.1 Å². The summed E-state index contributed by atoms with van der Waals surface area (Å²) in [5.41, 5.74) is 1.92. The van der Waals surface area contributed by atoms with Crippen LogP contribution in [0.25, 0.3) is 0 Å². The average Bonchev–Trinajstić information content (AvgIpc) is 2.86. The fourth-order valence-electron chi connectivity index (χ4n) is 5.73. The molecule has 1 saturated heterocycles. The zero-order valence-corrected chi connectivity index (χ0v) is 24.0. The van der Waals surface area contributed by atoms with Gasteiger partial charge >= 0.3 is 37.1 Å². The Bertz CT molecular complexity index is 599. The zero-order valence-electron chi connectivity index (χ0n) is 19.4. The van der Waals surface area contributed by atoms with E-state index in [0.717, 1.165) is 0 Å². The minimum atomic E-state index is -1.89. The molecule has 0 spiro atoms. The standard InChI is InChI=1S/C24H40O4Si4/c1-5-13-21(14-6-1)29-25-30(22-15-7-2-8-16-22)27-32(24-19-11-4-12-20-24)28-31(26-29)23-17-9-3-10-18-23/h5,7,9,11,13,15,17,19,21-24,29-32H,1-4,6,8,10,12,14,16,18,20H2. The second-order valence-corrected chi connectivity index (χ2v) is 20.8. The maximum absolute atomic E-state index is 7.08. The second kappa shape index (κ2) is 11.9. The highest BCUT2D eigenvalue weighted by molar-refractivity contribution is 6.76. The van der Waals surface area contributed by atoms with Crippen LogP contribution in [0.2, 0.25) is 22.2 Å². The molecule has 0 amide bonds. The van der Waals surface area contributed by atoms with Crippen molar-refractivity contribution in [1.82, 2.24) is 0 Å². The molecule has 4 atom stereocenters. The zero-order chi connectivity index (χ0) is 21.6. The van der Waals surface area contributed by atoms with Crippen molar-refractivity contribution in [1.29, 1.82) is 0 Å². The molecule has 0 N–H and O–H groups in total. The first-order chi connectivity index (χ1) is 15.9. The SMILES string of the molecule is C1=CC([SiH]2O[SiH](C3C=CCCC3)O[SiH](C3C=CCCC3)O[SiH](C3C=CCCC3)O2)CCC1. The van der Waals surface area contributed by atoms with Gasteiger partial charge in [-0.2, -0.15) is 0 Å². The molecular weight excluding hydrogens is 465 g/mol. The molecule has 0 radical (unpaired) electrons. The van der Waals surface area contributed by atoms with Gasteiger partial charge in [0.15, 0.2) is 0 Å². The van der Waals surface area contributed by atoms with Gasteiger partial charge in [-0.1, -0.05) is 48.6 Å². The fourth-order valence-corrected chi connectivity index (χ4v) is 23.1. The quantitative estimate of drug-likeness (QED) is 0.380. The highest BCUT2D eigenvalue weighted by Gasteiger charge is 2.44. The molecule has 5 rings (SSSR count). The molecule has 5 aliphatic rings. The Morgan fingerprint density at radius 2 is 0.656 bits per heavy atom. The normalized spacial score (nSPS) is 43.0. The molecule has 0 aromatic rings. The van der Waals surface area contributed by atoms with E-state index in [1.807, 2.05) is 0 Å². The van der Waals surface area contributed by atoms with Crippen molar-refractivity contribution in [3.05, 3.63) is 48.6 Å². The summed E-state index contributed by atoms with van der Waals surface area (Å²) in [6.07, 6.45) is 33.7. The third-order valence-corrected chi connectivity index (χ3v) is 21.2. The van der Waals surface area contributed by atoms with E-state index in [0.29, 0.717) is 22.2 Å². The summed E-state index contributed by atoms with van der Waals surface area (Å²) in [4.78, 5) is 0. The molecule has 8 heteroatoms. The molecule has 1 fully saturated rings. The molecule has 176 valence electrons. The van der Waals surface area contributed by atoms with Crippen LogP contribution in [-0.2, 0) is 16.5 Å². The predicted molar refractivity (Wildman–Crippen MR) is 140 cm³/mol. The van der Waals surface area contributed by atoms with E-state index >= 15 is 0 Å². The van der Waals surface area contributed by atoms with Crippen molar-refractivity contribution in [2.45, 2.75) is 99.2 Å². The third kappa shape index (κ3) is 6.01. The predicted octanol–water partition coefficient (Wildman–Crippen LogP) is 5.39. The third-order valence-electron chi connectivity index (χ3n) is 7.64. The van der Waals surface area contributed by atoms with Crippen LogP contribution in [0.3, 0.4) is 0 Å². The Morgan fingerprint density at radius 3 is 0.844 bits per heavy atom. The van der Waals surface area contributed by atoms with Crippen molar-refractivity contribution in [3.63, 3.8) is 0 Å². The first-order valence-corrected chi connectivity index (χ1v) is 19.6. The second-order valence-electron chi connectivity index (χ2n) is 10.1. The first kappa shape index (κ1) is 23.4. The van der Waals surface area contributed by atoms with Crippen LogP contribution in [0, 0.1) is 0 Å². The Hall–Kier alpha value is -0.332. The lowest BCUT2D eigenvalue weighted by atomic mass is 10.1. The largest absolute Gasteiger partial charge is 0.419 e. The van der Waals surface area contributed by atoms with Crippen molar-refractivity contribution in [2.75, 3.05) is 0 Å². The molecule has 0 aromatic carbocycles. The van der Waals surface area contributed by atoms with Gasteiger partial charge in [-0.25, -0.2) is 0 Å². The van der Waals surface area contributed by atoms with Gasteiger partial charge in [-0.15, -0.1) is 0 Å². The van der Waals surface area contributed by atoms with Crippen molar-refractivity contribution in [2.24, 2.45) is 0 Å². The smallest absolute Gasteiger partial charge is 0.310 e. The molecule has 4 unspecified atom stereocenters. The molecule has 0 saturated carbocycles. The van der Waals surface area contributed by atoms with E-state index in [4.69, 9.17) is 16.5 Å². The molecule has 4 aliphatic carbocycles. The Morgan fingerprint density at radius 1 is 0.406 bits per heavy atom. The van der Waals surface area contributed by atoms with Gasteiger partial charge in [0, 0.05) is 22.2 Å². The van der Waals surface area contributed by atoms with Gasteiger partial charge < -0.3 is 16.5 Å². The maximum Gasteiger partial charge on any atom is 0.310 e. The van der Waals surface area contributed by atoms with Crippen molar-refractivity contribution >= 4 is 37.1 Å². The number of hydrogen-bond donors (Lipinski definition) is 0. The Balaban J connectivity index is 1.42. The summed E-state index contributed by atoms with van der Waals surface area (Å²) in [6, 6.07) is 0. The average molecular weight is 505 g/mol. The lowest BCUT2D eigenvalue weighted by molar-refractivity contribution is 0.258. The highest BCUT2D eigenvalue weighted by atomic mass is 28.5. The minimum Gasteiger partial charge on any atom is -0.419 e. The molecule has 0 bridgehead atoms.